The summed E-state index contributed by atoms with van der Waals surface area (Å²) >= 11 is 0. The zero-order valence-electron chi connectivity index (χ0n) is 12.5. The van der Waals surface area contributed by atoms with E-state index in [1.54, 1.807) is 7.11 Å². The van der Waals surface area contributed by atoms with Crippen LogP contribution >= 0.6 is 0 Å². The van der Waals surface area contributed by atoms with Gasteiger partial charge in [-0.25, -0.2) is 0 Å². The summed E-state index contributed by atoms with van der Waals surface area (Å²) in [5.74, 6) is 0.747. The molecule has 0 aromatic heterocycles. The van der Waals surface area contributed by atoms with Crippen LogP contribution in [0.25, 0.3) is 0 Å². The van der Waals surface area contributed by atoms with Crippen molar-refractivity contribution in [1.29, 1.82) is 0 Å². The Morgan fingerprint density at radius 2 is 1.84 bits per heavy atom. The van der Waals surface area contributed by atoms with Crippen LogP contribution in [-0.4, -0.2) is 62.8 Å². The Morgan fingerprint density at radius 3 is 2.47 bits per heavy atom. The lowest BCUT2D eigenvalue weighted by Crippen LogP contribution is -2.28. The van der Waals surface area contributed by atoms with Gasteiger partial charge in [-0.3, -0.25) is 0 Å². The van der Waals surface area contributed by atoms with E-state index in [1.807, 2.05) is 31.3 Å². The standard InChI is InChI=1S/C15H26N2O2/c1-16(2)10-7-11-17(3)12-14(18)13-8-5-6-9-15(13)19-4/h5-6,8-9,14,18H,7,10-12H2,1-4H3. The predicted molar refractivity (Wildman–Crippen MR) is 78.6 cm³/mol. The summed E-state index contributed by atoms with van der Waals surface area (Å²) in [4.78, 5) is 4.32. The highest BCUT2D eigenvalue weighted by molar-refractivity contribution is 5.35. The van der Waals surface area contributed by atoms with Gasteiger partial charge in [-0.1, -0.05) is 18.2 Å². The maximum Gasteiger partial charge on any atom is 0.124 e. The van der Waals surface area contributed by atoms with Crippen molar-refractivity contribution in [3.8, 4) is 5.75 Å². The number of ether oxygens (including phenoxy) is 1. The van der Waals surface area contributed by atoms with Crippen LogP contribution in [0.5, 0.6) is 5.75 Å². The summed E-state index contributed by atoms with van der Waals surface area (Å²) in [5.41, 5.74) is 0.851. The number of aliphatic hydroxyl groups is 1. The van der Waals surface area contributed by atoms with Gasteiger partial charge >= 0.3 is 0 Å². The molecule has 108 valence electrons. The van der Waals surface area contributed by atoms with E-state index in [-0.39, 0.29) is 0 Å². The van der Waals surface area contributed by atoms with Crippen LogP contribution in [-0.2, 0) is 0 Å². The molecule has 0 fully saturated rings. The third kappa shape index (κ3) is 5.59. The first-order valence-electron chi connectivity index (χ1n) is 6.69. The molecule has 1 N–H and O–H groups in total. The normalized spacial score (nSPS) is 13.0. The molecule has 4 nitrogen and oxygen atoms in total. The maximum atomic E-state index is 10.3. The van der Waals surface area contributed by atoms with E-state index in [0.29, 0.717) is 6.54 Å². The van der Waals surface area contributed by atoms with Crippen molar-refractivity contribution in [1.82, 2.24) is 9.80 Å². The van der Waals surface area contributed by atoms with E-state index in [9.17, 15) is 5.11 Å². The van der Waals surface area contributed by atoms with Crippen LogP contribution < -0.4 is 4.74 Å². The number of aliphatic hydroxyl groups excluding tert-OH is 1. The van der Waals surface area contributed by atoms with Gasteiger partial charge < -0.3 is 19.6 Å². The van der Waals surface area contributed by atoms with Crippen molar-refractivity contribution < 1.29 is 9.84 Å². The Bertz CT molecular complexity index is 369. The number of nitrogens with zero attached hydrogens (tertiary/aromatic N) is 2. The number of likely N-dealkylation sites (N-methyl/N-ethyl adjacent to an activating group) is 1. The Kier molecular flexibility index (Phi) is 6.84. The summed E-state index contributed by atoms with van der Waals surface area (Å²) < 4.78 is 5.28. The minimum atomic E-state index is -0.513. The second-order valence-electron chi connectivity index (χ2n) is 5.18. The van der Waals surface area contributed by atoms with Gasteiger partial charge in [0.25, 0.3) is 0 Å². The highest BCUT2D eigenvalue weighted by Gasteiger charge is 2.14. The lowest BCUT2D eigenvalue weighted by atomic mass is 10.1. The third-order valence-corrected chi connectivity index (χ3v) is 3.13. The van der Waals surface area contributed by atoms with Crippen LogP contribution in [0.15, 0.2) is 24.3 Å². The highest BCUT2D eigenvalue weighted by atomic mass is 16.5. The number of methoxy groups -OCH3 is 1. The second kappa shape index (κ2) is 8.15. The molecule has 4 heteroatoms. The Balaban J connectivity index is 2.47. The van der Waals surface area contributed by atoms with Gasteiger partial charge in [0.1, 0.15) is 5.75 Å². The van der Waals surface area contributed by atoms with Crippen LogP contribution in [0.2, 0.25) is 0 Å². The van der Waals surface area contributed by atoms with Crippen molar-refractivity contribution in [2.45, 2.75) is 12.5 Å². The second-order valence-corrected chi connectivity index (χ2v) is 5.18. The van der Waals surface area contributed by atoms with Crippen LogP contribution in [0.1, 0.15) is 18.1 Å². The zero-order chi connectivity index (χ0) is 14.3. The smallest absolute Gasteiger partial charge is 0.124 e. The SMILES string of the molecule is COc1ccccc1C(O)CN(C)CCCN(C)C. The van der Waals surface area contributed by atoms with Crippen molar-refractivity contribution >= 4 is 0 Å². The first kappa shape index (κ1) is 16.0. The molecule has 1 rings (SSSR count). The molecule has 0 saturated heterocycles. The fourth-order valence-electron chi connectivity index (χ4n) is 2.08. The van der Waals surface area contributed by atoms with Crippen LogP contribution in [0, 0.1) is 0 Å². The van der Waals surface area contributed by atoms with Gasteiger partial charge in [0.15, 0.2) is 0 Å². The van der Waals surface area contributed by atoms with Gasteiger partial charge in [0.2, 0.25) is 0 Å². The molecule has 0 amide bonds. The molecule has 1 atom stereocenters. The topological polar surface area (TPSA) is 35.9 Å². The molecule has 0 aliphatic carbocycles. The minimum absolute atomic E-state index is 0.513. The summed E-state index contributed by atoms with van der Waals surface area (Å²) in [7, 11) is 7.81. The van der Waals surface area contributed by atoms with Gasteiger partial charge in [0, 0.05) is 12.1 Å². The number of hydrogen-bond acceptors (Lipinski definition) is 4. The fourth-order valence-corrected chi connectivity index (χ4v) is 2.08. The molecule has 0 heterocycles. The van der Waals surface area contributed by atoms with Crippen molar-refractivity contribution in [2.24, 2.45) is 0 Å². The third-order valence-electron chi connectivity index (χ3n) is 3.13. The maximum absolute atomic E-state index is 10.3. The Hall–Kier alpha value is -1.10. The molecule has 0 spiro atoms. The number of rotatable bonds is 8. The summed E-state index contributed by atoms with van der Waals surface area (Å²) in [6.45, 7) is 2.66. The monoisotopic (exact) mass is 266 g/mol. The molecular formula is C15H26N2O2. The lowest BCUT2D eigenvalue weighted by Gasteiger charge is -2.22. The summed E-state index contributed by atoms with van der Waals surface area (Å²) in [6, 6.07) is 7.63. The molecule has 1 aromatic rings. The molecule has 0 bridgehead atoms. The Labute approximate surface area is 116 Å². The van der Waals surface area contributed by atoms with Gasteiger partial charge in [0.05, 0.1) is 13.2 Å². The first-order chi connectivity index (χ1) is 9.04. The van der Waals surface area contributed by atoms with E-state index in [1.165, 1.54) is 0 Å². The van der Waals surface area contributed by atoms with E-state index >= 15 is 0 Å². The Morgan fingerprint density at radius 1 is 1.16 bits per heavy atom. The van der Waals surface area contributed by atoms with E-state index < -0.39 is 6.10 Å². The average molecular weight is 266 g/mol. The highest BCUT2D eigenvalue weighted by Crippen LogP contribution is 2.24. The van der Waals surface area contributed by atoms with Gasteiger partial charge in [-0.2, -0.15) is 0 Å². The van der Waals surface area contributed by atoms with Crippen molar-refractivity contribution in [3.05, 3.63) is 29.8 Å². The summed E-state index contributed by atoms with van der Waals surface area (Å²) in [6.07, 6.45) is 0.586. The van der Waals surface area contributed by atoms with Crippen LogP contribution in [0.3, 0.4) is 0 Å². The quantitative estimate of drug-likeness (QED) is 0.775. The molecular weight excluding hydrogens is 240 g/mol. The van der Waals surface area contributed by atoms with Crippen molar-refractivity contribution in [2.75, 3.05) is 47.9 Å². The molecule has 0 radical (unpaired) electrons. The van der Waals surface area contributed by atoms with E-state index in [0.717, 1.165) is 30.8 Å². The van der Waals surface area contributed by atoms with E-state index in [2.05, 4.69) is 23.9 Å². The number of benzene rings is 1. The average Bonchev–Trinajstić information content (AvgIpc) is 2.38. The zero-order valence-corrected chi connectivity index (χ0v) is 12.5. The molecule has 0 saturated carbocycles. The molecule has 1 unspecified atom stereocenters. The van der Waals surface area contributed by atoms with Crippen LogP contribution in [0.4, 0.5) is 0 Å². The number of hydrogen-bond donors (Lipinski definition) is 1. The van der Waals surface area contributed by atoms with E-state index in [4.69, 9.17) is 4.74 Å². The fraction of sp³-hybridized carbons (Fsp3) is 0.600. The lowest BCUT2D eigenvalue weighted by molar-refractivity contribution is 0.122. The molecule has 1 aromatic carbocycles. The predicted octanol–water partition coefficient (Wildman–Crippen LogP) is 1.61. The molecule has 0 aliphatic rings. The number of para-hydroxylation sites is 1. The largest absolute Gasteiger partial charge is 0.496 e. The first-order valence-corrected chi connectivity index (χ1v) is 6.69. The molecule has 0 aliphatic heterocycles. The minimum Gasteiger partial charge on any atom is -0.496 e. The summed E-state index contributed by atoms with van der Waals surface area (Å²) in [5, 5.41) is 10.3. The molecule has 19 heavy (non-hydrogen) atoms. The van der Waals surface area contributed by atoms with Gasteiger partial charge in [-0.05, 0) is 46.7 Å². The van der Waals surface area contributed by atoms with Crippen molar-refractivity contribution in [3.63, 3.8) is 0 Å². The van der Waals surface area contributed by atoms with Gasteiger partial charge in [-0.15, -0.1) is 0 Å².